The van der Waals surface area contributed by atoms with Crippen LogP contribution in [0.1, 0.15) is 0 Å². The number of rotatable bonds is 2. The number of halogens is 4. The minimum absolute atomic E-state index is 0.628. The molecule has 0 saturated carbocycles. The average molecular weight is 322 g/mol. The predicted molar refractivity (Wildman–Crippen MR) is 79.6 cm³/mol. The maximum atomic E-state index is 6.52. The second-order valence-electron chi connectivity index (χ2n) is 3.60. The SMILES string of the molecule is Clc1cccc([Si](Cl)(Cl)c2cccc(Cl)c2)c1. The summed E-state index contributed by atoms with van der Waals surface area (Å²) in [5.41, 5.74) is 0. The summed E-state index contributed by atoms with van der Waals surface area (Å²) < 4.78 is 0. The van der Waals surface area contributed by atoms with E-state index in [1.165, 1.54) is 0 Å². The highest BCUT2D eigenvalue weighted by Gasteiger charge is 2.33. The average Bonchev–Trinajstić information content (AvgIpc) is 2.29. The molecule has 0 aliphatic carbocycles. The van der Waals surface area contributed by atoms with Crippen LogP contribution >= 0.6 is 45.4 Å². The normalized spacial score (nSPS) is 11.5. The smallest absolute Gasteiger partial charge is 0.134 e. The van der Waals surface area contributed by atoms with E-state index in [0.29, 0.717) is 10.0 Å². The van der Waals surface area contributed by atoms with Crippen LogP contribution < -0.4 is 10.4 Å². The molecule has 2 aromatic carbocycles. The molecule has 0 spiro atoms. The topological polar surface area (TPSA) is 0 Å². The van der Waals surface area contributed by atoms with Crippen molar-refractivity contribution in [3.8, 4) is 0 Å². The van der Waals surface area contributed by atoms with Gasteiger partial charge >= 0.3 is 6.69 Å². The maximum absolute atomic E-state index is 6.52. The fourth-order valence-corrected chi connectivity index (χ4v) is 5.13. The Balaban J connectivity index is 2.49. The molecule has 0 fully saturated rings. The van der Waals surface area contributed by atoms with E-state index in [9.17, 15) is 0 Å². The van der Waals surface area contributed by atoms with Gasteiger partial charge in [-0.1, -0.05) is 47.5 Å². The van der Waals surface area contributed by atoms with Crippen molar-refractivity contribution in [1.29, 1.82) is 0 Å². The highest BCUT2D eigenvalue weighted by Crippen LogP contribution is 2.19. The molecule has 0 amide bonds. The van der Waals surface area contributed by atoms with E-state index in [0.717, 1.165) is 10.4 Å². The third-order valence-electron chi connectivity index (χ3n) is 2.37. The zero-order valence-electron chi connectivity index (χ0n) is 8.63. The number of hydrogen-bond acceptors (Lipinski definition) is 0. The van der Waals surface area contributed by atoms with Crippen molar-refractivity contribution in [1.82, 2.24) is 0 Å². The van der Waals surface area contributed by atoms with E-state index >= 15 is 0 Å². The van der Waals surface area contributed by atoms with Crippen LogP contribution in [0, 0.1) is 0 Å². The van der Waals surface area contributed by atoms with Crippen molar-refractivity contribution in [2.45, 2.75) is 0 Å². The Kier molecular flexibility index (Phi) is 4.06. The van der Waals surface area contributed by atoms with E-state index in [1.54, 1.807) is 24.3 Å². The van der Waals surface area contributed by atoms with Gasteiger partial charge in [-0.2, -0.15) is 0 Å². The molecule has 0 radical (unpaired) electrons. The van der Waals surface area contributed by atoms with Crippen LogP contribution in [0.3, 0.4) is 0 Å². The summed E-state index contributed by atoms with van der Waals surface area (Å²) in [5.74, 6) is 0. The van der Waals surface area contributed by atoms with Crippen molar-refractivity contribution in [3.63, 3.8) is 0 Å². The minimum Gasteiger partial charge on any atom is -0.134 e. The van der Waals surface area contributed by atoms with Gasteiger partial charge in [0, 0.05) is 10.0 Å². The molecule has 0 N–H and O–H groups in total. The molecule has 0 aliphatic rings. The van der Waals surface area contributed by atoms with Gasteiger partial charge in [0.25, 0.3) is 0 Å². The van der Waals surface area contributed by atoms with Crippen molar-refractivity contribution >= 4 is 62.4 Å². The Morgan fingerprint density at radius 2 is 1.12 bits per heavy atom. The summed E-state index contributed by atoms with van der Waals surface area (Å²) in [6.45, 7) is -2.74. The summed E-state index contributed by atoms with van der Waals surface area (Å²) in [6, 6.07) is 14.6. The molecule has 0 heterocycles. The first kappa shape index (κ1) is 13.3. The first-order valence-electron chi connectivity index (χ1n) is 4.90. The van der Waals surface area contributed by atoms with Crippen LogP contribution in [-0.4, -0.2) is 6.69 Å². The van der Waals surface area contributed by atoms with Crippen LogP contribution in [-0.2, 0) is 0 Å². The second kappa shape index (κ2) is 5.21. The van der Waals surface area contributed by atoms with E-state index in [4.69, 9.17) is 45.4 Å². The second-order valence-corrected chi connectivity index (χ2v) is 10.8. The van der Waals surface area contributed by atoms with E-state index in [2.05, 4.69) is 0 Å². The Labute approximate surface area is 120 Å². The fourth-order valence-electron chi connectivity index (χ4n) is 1.53. The van der Waals surface area contributed by atoms with Gasteiger partial charge in [-0.3, -0.25) is 0 Å². The molecule has 0 atom stereocenters. The maximum Gasteiger partial charge on any atom is 0.310 e. The van der Waals surface area contributed by atoms with E-state index in [-0.39, 0.29) is 0 Å². The van der Waals surface area contributed by atoms with Gasteiger partial charge in [-0.05, 0) is 34.6 Å². The molecule has 0 aromatic heterocycles. The van der Waals surface area contributed by atoms with Crippen LogP contribution in [0.5, 0.6) is 0 Å². The first-order valence-corrected chi connectivity index (χ1v) is 9.68. The van der Waals surface area contributed by atoms with Crippen molar-refractivity contribution in [2.24, 2.45) is 0 Å². The lowest BCUT2D eigenvalue weighted by Crippen LogP contribution is -2.48. The van der Waals surface area contributed by atoms with Crippen LogP contribution in [0.4, 0.5) is 0 Å². The summed E-state index contributed by atoms with van der Waals surface area (Å²) in [4.78, 5) is 0. The predicted octanol–water partition coefficient (Wildman–Crippen LogP) is 4.03. The number of benzene rings is 2. The Morgan fingerprint density at radius 1 is 0.706 bits per heavy atom. The largest absolute Gasteiger partial charge is 0.310 e. The molecule has 88 valence electrons. The molecular formula is C12H8Cl4Si. The van der Waals surface area contributed by atoms with Gasteiger partial charge in [-0.25, -0.2) is 0 Å². The first-order chi connectivity index (χ1) is 8.00. The molecule has 0 aliphatic heterocycles. The van der Waals surface area contributed by atoms with Crippen LogP contribution in [0.15, 0.2) is 48.5 Å². The molecule has 2 rings (SSSR count). The molecule has 0 bridgehead atoms. The minimum atomic E-state index is -2.74. The molecule has 17 heavy (non-hydrogen) atoms. The summed E-state index contributed by atoms with van der Waals surface area (Å²) in [6.07, 6.45) is 0. The van der Waals surface area contributed by atoms with Crippen LogP contribution in [0.25, 0.3) is 0 Å². The van der Waals surface area contributed by atoms with Crippen molar-refractivity contribution in [2.75, 3.05) is 0 Å². The fraction of sp³-hybridized carbons (Fsp3) is 0. The van der Waals surface area contributed by atoms with Gasteiger partial charge < -0.3 is 0 Å². The van der Waals surface area contributed by atoms with Gasteiger partial charge in [0.2, 0.25) is 0 Å². The Bertz CT molecular complexity index is 492. The standard InChI is InChI=1S/C12H8Cl4Si/c13-9-3-1-5-11(7-9)17(15,16)12-6-2-4-10(14)8-12/h1-8H. The van der Waals surface area contributed by atoms with Gasteiger partial charge in [0.1, 0.15) is 0 Å². The lowest BCUT2D eigenvalue weighted by Gasteiger charge is -2.18. The molecule has 0 saturated heterocycles. The molecular weight excluding hydrogens is 314 g/mol. The number of hydrogen-bond donors (Lipinski definition) is 0. The van der Waals surface area contributed by atoms with Crippen LogP contribution in [0.2, 0.25) is 10.0 Å². The lowest BCUT2D eigenvalue weighted by molar-refractivity contribution is 1.73. The van der Waals surface area contributed by atoms with Crippen molar-refractivity contribution in [3.05, 3.63) is 58.6 Å². The zero-order chi connectivity index (χ0) is 12.5. The van der Waals surface area contributed by atoms with E-state index < -0.39 is 6.69 Å². The summed E-state index contributed by atoms with van der Waals surface area (Å²) in [5, 5.41) is 2.97. The Hall–Kier alpha value is -0.183. The third-order valence-corrected chi connectivity index (χ3v) is 7.54. The van der Waals surface area contributed by atoms with Gasteiger partial charge in [0.15, 0.2) is 0 Å². The zero-order valence-corrected chi connectivity index (χ0v) is 12.7. The Morgan fingerprint density at radius 3 is 1.47 bits per heavy atom. The third kappa shape index (κ3) is 2.98. The quantitative estimate of drug-likeness (QED) is 0.578. The van der Waals surface area contributed by atoms with Crippen molar-refractivity contribution < 1.29 is 0 Å². The molecule has 0 nitrogen and oxygen atoms in total. The van der Waals surface area contributed by atoms with Gasteiger partial charge in [0.05, 0.1) is 0 Å². The highest BCUT2D eigenvalue weighted by molar-refractivity contribution is 7.56. The van der Waals surface area contributed by atoms with E-state index in [1.807, 2.05) is 24.3 Å². The molecule has 0 unspecified atom stereocenters. The summed E-state index contributed by atoms with van der Waals surface area (Å²) in [7, 11) is 0. The summed E-state index contributed by atoms with van der Waals surface area (Å²) >= 11 is 24.9. The lowest BCUT2D eigenvalue weighted by atomic mass is 10.4. The molecule has 2 aromatic rings. The van der Waals surface area contributed by atoms with Gasteiger partial charge in [-0.15, -0.1) is 22.2 Å². The molecule has 5 heteroatoms. The monoisotopic (exact) mass is 320 g/mol. The highest BCUT2D eigenvalue weighted by atomic mass is 35.7.